The molecule has 0 saturated carbocycles. The molecule has 0 radical (unpaired) electrons. The number of aliphatic hydroxyl groups excluding tert-OH is 1. The highest BCUT2D eigenvalue weighted by Gasteiger charge is 2.34. The van der Waals surface area contributed by atoms with Crippen molar-refractivity contribution in [3.8, 4) is 11.3 Å². The molecule has 0 aliphatic carbocycles. The summed E-state index contributed by atoms with van der Waals surface area (Å²) in [5, 5.41) is 27.9. The van der Waals surface area contributed by atoms with Crippen molar-refractivity contribution in [2.24, 2.45) is 0 Å². The lowest BCUT2D eigenvalue weighted by atomic mass is 9.97. The van der Waals surface area contributed by atoms with Crippen LogP contribution in [0.4, 0.5) is 18.9 Å². The van der Waals surface area contributed by atoms with Crippen LogP contribution in [0.1, 0.15) is 22.8 Å². The number of nitro groups is 1. The van der Waals surface area contributed by atoms with E-state index >= 15 is 0 Å². The van der Waals surface area contributed by atoms with E-state index in [2.05, 4.69) is 26.1 Å². The summed E-state index contributed by atoms with van der Waals surface area (Å²) < 4.78 is 39.9. The van der Waals surface area contributed by atoms with Gasteiger partial charge in [0.25, 0.3) is 5.69 Å². The van der Waals surface area contributed by atoms with E-state index in [1.54, 1.807) is 0 Å². The van der Waals surface area contributed by atoms with Crippen LogP contribution in [0, 0.1) is 10.1 Å². The molecule has 3 rings (SSSR count). The molecule has 1 aromatic heterocycles. The molecule has 0 bridgehead atoms. The molecular formula is C17H10BrClF3N3O3. The molecule has 1 heterocycles. The average Bonchev–Trinajstić information content (AvgIpc) is 3.09. The third-order valence-electron chi connectivity index (χ3n) is 3.99. The minimum atomic E-state index is -4.68. The summed E-state index contributed by atoms with van der Waals surface area (Å²) in [4.78, 5) is 10.6. The van der Waals surface area contributed by atoms with Crippen LogP contribution in [0.15, 0.2) is 47.1 Å². The smallest absolute Gasteiger partial charge is 0.383 e. The number of H-pyrrole nitrogens is 1. The number of nitrogens with one attached hydrogen (secondary N) is 1. The fourth-order valence-electron chi connectivity index (χ4n) is 2.71. The maximum Gasteiger partial charge on any atom is 0.417 e. The van der Waals surface area contributed by atoms with Crippen LogP contribution in [0.3, 0.4) is 0 Å². The van der Waals surface area contributed by atoms with E-state index in [-0.39, 0.29) is 28.1 Å². The minimum absolute atomic E-state index is 0.0175. The first kappa shape index (κ1) is 20.3. The molecule has 0 saturated heterocycles. The molecule has 3 aromatic rings. The minimum Gasteiger partial charge on any atom is -0.383 e. The lowest BCUT2D eigenvalue weighted by Gasteiger charge is -2.14. The zero-order chi connectivity index (χ0) is 20.6. The summed E-state index contributed by atoms with van der Waals surface area (Å²) in [5.74, 6) is 0. The first-order valence-corrected chi connectivity index (χ1v) is 8.79. The Bertz CT molecular complexity index is 1060. The SMILES string of the molecule is O=[N+]([O-])c1ccc(Br)cc1C(O)c1c[nH]nc1-c1ccc(Cl)c(C(F)(F)F)c1. The zero-order valence-electron chi connectivity index (χ0n) is 13.7. The summed E-state index contributed by atoms with van der Waals surface area (Å²) in [6, 6.07) is 7.23. The van der Waals surface area contributed by atoms with Gasteiger partial charge in [-0.1, -0.05) is 33.6 Å². The molecule has 1 atom stereocenters. The van der Waals surface area contributed by atoms with Gasteiger partial charge in [0, 0.05) is 27.9 Å². The van der Waals surface area contributed by atoms with E-state index in [1.807, 2.05) is 0 Å². The third kappa shape index (κ3) is 3.89. The topological polar surface area (TPSA) is 92.0 Å². The molecule has 1 unspecified atom stereocenters. The molecule has 146 valence electrons. The lowest BCUT2D eigenvalue weighted by molar-refractivity contribution is -0.386. The molecule has 0 fully saturated rings. The monoisotopic (exact) mass is 475 g/mol. The van der Waals surface area contributed by atoms with Crippen LogP contribution in [0.2, 0.25) is 5.02 Å². The Balaban J connectivity index is 2.11. The number of alkyl halides is 3. The van der Waals surface area contributed by atoms with Gasteiger partial charge in [0.1, 0.15) is 6.10 Å². The maximum atomic E-state index is 13.1. The second kappa shape index (κ2) is 7.53. The van der Waals surface area contributed by atoms with Gasteiger partial charge in [-0.25, -0.2) is 0 Å². The molecule has 0 aliphatic rings. The third-order valence-corrected chi connectivity index (χ3v) is 4.81. The largest absolute Gasteiger partial charge is 0.417 e. The van der Waals surface area contributed by atoms with Gasteiger partial charge < -0.3 is 5.11 Å². The van der Waals surface area contributed by atoms with Crippen molar-refractivity contribution in [2.45, 2.75) is 12.3 Å². The lowest BCUT2D eigenvalue weighted by Crippen LogP contribution is -2.07. The predicted molar refractivity (Wildman–Crippen MR) is 98.9 cm³/mol. The van der Waals surface area contributed by atoms with Crippen molar-refractivity contribution in [3.05, 3.63) is 78.9 Å². The Morgan fingerprint density at radius 2 is 1.93 bits per heavy atom. The van der Waals surface area contributed by atoms with Gasteiger partial charge >= 0.3 is 6.18 Å². The molecule has 6 nitrogen and oxygen atoms in total. The van der Waals surface area contributed by atoms with Gasteiger partial charge in [0.15, 0.2) is 0 Å². The fourth-order valence-corrected chi connectivity index (χ4v) is 3.31. The number of nitrogens with zero attached hydrogens (tertiary/aromatic N) is 2. The second-order valence-corrected chi connectivity index (χ2v) is 7.07. The molecular weight excluding hydrogens is 467 g/mol. The van der Waals surface area contributed by atoms with Crippen LogP contribution in [0.5, 0.6) is 0 Å². The molecule has 0 amide bonds. The number of hydrogen-bond acceptors (Lipinski definition) is 4. The van der Waals surface area contributed by atoms with Crippen molar-refractivity contribution in [1.29, 1.82) is 0 Å². The summed E-state index contributed by atoms with van der Waals surface area (Å²) in [7, 11) is 0. The van der Waals surface area contributed by atoms with Gasteiger partial charge in [-0.3, -0.25) is 15.2 Å². The van der Waals surface area contributed by atoms with E-state index in [9.17, 15) is 28.4 Å². The highest BCUT2D eigenvalue weighted by Crippen LogP contribution is 2.40. The summed E-state index contributed by atoms with van der Waals surface area (Å²) >= 11 is 8.82. The van der Waals surface area contributed by atoms with E-state index in [1.165, 1.54) is 30.5 Å². The average molecular weight is 477 g/mol. The van der Waals surface area contributed by atoms with Crippen molar-refractivity contribution >= 4 is 33.2 Å². The van der Waals surface area contributed by atoms with Crippen molar-refractivity contribution in [3.63, 3.8) is 0 Å². The fraction of sp³-hybridized carbons (Fsp3) is 0.118. The number of aliphatic hydroxyl groups is 1. The molecule has 2 N–H and O–H groups in total. The van der Waals surface area contributed by atoms with E-state index < -0.39 is 27.8 Å². The molecule has 28 heavy (non-hydrogen) atoms. The Hall–Kier alpha value is -2.43. The van der Waals surface area contributed by atoms with Crippen LogP contribution < -0.4 is 0 Å². The summed E-state index contributed by atoms with van der Waals surface area (Å²) in [6.07, 6.45) is -4.91. The first-order chi connectivity index (χ1) is 13.1. The number of hydrogen-bond donors (Lipinski definition) is 2. The quantitative estimate of drug-likeness (QED) is 0.384. The number of rotatable bonds is 4. The van der Waals surface area contributed by atoms with Crippen LogP contribution in [0.25, 0.3) is 11.3 Å². The Morgan fingerprint density at radius 1 is 1.21 bits per heavy atom. The standard InChI is InChI=1S/C17H10BrClF3N3O3/c18-9-2-4-14(25(27)28)10(6-9)16(26)11-7-23-24-15(11)8-1-3-13(19)12(5-8)17(20,21)22/h1-7,16,26H,(H,23,24). The summed E-state index contributed by atoms with van der Waals surface area (Å²) in [5.41, 5.74) is -1.28. The van der Waals surface area contributed by atoms with Crippen LogP contribution in [-0.2, 0) is 6.18 Å². The maximum absolute atomic E-state index is 13.1. The second-order valence-electron chi connectivity index (χ2n) is 5.74. The Morgan fingerprint density at radius 3 is 2.57 bits per heavy atom. The number of aromatic amines is 1. The van der Waals surface area contributed by atoms with Crippen molar-refractivity contribution in [1.82, 2.24) is 10.2 Å². The van der Waals surface area contributed by atoms with Gasteiger partial charge in [-0.05, 0) is 24.3 Å². The predicted octanol–water partition coefficient (Wildman–Crippen LogP) is 5.50. The normalized spacial score (nSPS) is 12.8. The van der Waals surface area contributed by atoms with Crippen LogP contribution in [-0.4, -0.2) is 20.2 Å². The number of halogens is 5. The Kier molecular flexibility index (Phi) is 5.46. The van der Waals surface area contributed by atoms with Crippen LogP contribution >= 0.6 is 27.5 Å². The van der Waals surface area contributed by atoms with Gasteiger partial charge in [0.2, 0.25) is 0 Å². The Labute approximate surface area is 169 Å². The molecule has 0 aliphatic heterocycles. The van der Waals surface area contributed by atoms with Gasteiger partial charge in [-0.15, -0.1) is 0 Å². The molecule has 2 aromatic carbocycles. The first-order valence-electron chi connectivity index (χ1n) is 7.62. The molecule has 0 spiro atoms. The van der Waals surface area contributed by atoms with E-state index in [4.69, 9.17) is 11.6 Å². The van der Waals surface area contributed by atoms with E-state index in [0.717, 1.165) is 12.1 Å². The summed E-state index contributed by atoms with van der Waals surface area (Å²) in [6.45, 7) is 0. The van der Waals surface area contributed by atoms with E-state index in [0.29, 0.717) is 4.47 Å². The van der Waals surface area contributed by atoms with Gasteiger partial charge in [0.05, 0.1) is 26.8 Å². The van der Waals surface area contributed by atoms with Crippen molar-refractivity contribution in [2.75, 3.05) is 0 Å². The van der Waals surface area contributed by atoms with Gasteiger partial charge in [-0.2, -0.15) is 18.3 Å². The highest BCUT2D eigenvalue weighted by atomic mass is 79.9. The van der Waals surface area contributed by atoms with Crippen molar-refractivity contribution < 1.29 is 23.2 Å². The zero-order valence-corrected chi connectivity index (χ0v) is 16.0. The number of aromatic nitrogens is 2. The highest BCUT2D eigenvalue weighted by molar-refractivity contribution is 9.10. The molecule has 11 heteroatoms. The number of benzene rings is 2. The number of nitro benzene ring substituents is 1.